The quantitative estimate of drug-likeness (QED) is 0.890. The SMILES string of the molecule is COc1ccc(NC(=O)N2CCN(CC(=O)N3CCCCC3)CC2)cc1. The summed E-state index contributed by atoms with van der Waals surface area (Å²) in [5.41, 5.74) is 0.749. The summed E-state index contributed by atoms with van der Waals surface area (Å²) in [5, 5.41) is 2.91. The third kappa shape index (κ3) is 4.88. The summed E-state index contributed by atoms with van der Waals surface area (Å²) in [6.07, 6.45) is 3.46. The van der Waals surface area contributed by atoms with E-state index in [1.54, 1.807) is 12.0 Å². The zero-order chi connectivity index (χ0) is 18.4. The number of hydrogen-bond acceptors (Lipinski definition) is 4. The van der Waals surface area contributed by atoms with Gasteiger partial charge in [-0.05, 0) is 43.5 Å². The predicted octanol–water partition coefficient (Wildman–Crippen LogP) is 1.86. The number of nitrogens with zero attached hydrogens (tertiary/aromatic N) is 3. The van der Waals surface area contributed by atoms with Crippen LogP contribution in [0.3, 0.4) is 0 Å². The van der Waals surface area contributed by atoms with E-state index in [4.69, 9.17) is 4.74 Å². The van der Waals surface area contributed by atoms with Crippen molar-refractivity contribution in [1.29, 1.82) is 0 Å². The summed E-state index contributed by atoms with van der Waals surface area (Å²) in [4.78, 5) is 30.7. The second kappa shape index (κ2) is 8.89. The van der Waals surface area contributed by atoms with Gasteiger partial charge < -0.3 is 19.9 Å². The molecule has 2 saturated heterocycles. The molecule has 1 N–H and O–H groups in total. The van der Waals surface area contributed by atoms with Crippen LogP contribution in [0.15, 0.2) is 24.3 Å². The summed E-state index contributed by atoms with van der Waals surface area (Å²) in [5.74, 6) is 0.982. The molecule has 0 radical (unpaired) electrons. The van der Waals surface area contributed by atoms with Gasteiger partial charge in [0.25, 0.3) is 0 Å². The number of methoxy groups -OCH3 is 1. The van der Waals surface area contributed by atoms with E-state index in [0.29, 0.717) is 19.6 Å². The van der Waals surface area contributed by atoms with Crippen molar-refractivity contribution in [2.45, 2.75) is 19.3 Å². The molecule has 1 aromatic carbocycles. The average Bonchev–Trinajstić information content (AvgIpc) is 2.69. The van der Waals surface area contributed by atoms with Crippen LogP contribution in [-0.2, 0) is 4.79 Å². The Hall–Kier alpha value is -2.28. The smallest absolute Gasteiger partial charge is 0.321 e. The monoisotopic (exact) mass is 360 g/mol. The molecule has 0 unspecified atom stereocenters. The van der Waals surface area contributed by atoms with Crippen molar-refractivity contribution in [3.63, 3.8) is 0 Å². The first-order chi connectivity index (χ1) is 12.7. The lowest BCUT2D eigenvalue weighted by atomic mass is 10.1. The van der Waals surface area contributed by atoms with Crippen LogP contribution in [0.5, 0.6) is 5.75 Å². The highest BCUT2D eigenvalue weighted by atomic mass is 16.5. The number of carbonyl (C=O) groups excluding carboxylic acids is 2. The first-order valence-corrected chi connectivity index (χ1v) is 9.36. The Balaban J connectivity index is 1.42. The standard InChI is InChI=1S/C19H28N4O3/c1-26-17-7-5-16(6-8-17)20-19(25)23-13-11-21(12-14-23)15-18(24)22-9-3-2-4-10-22/h5-8H,2-4,9-15H2,1H3,(H,20,25). The number of amides is 3. The normalized spacial score (nSPS) is 18.5. The lowest BCUT2D eigenvalue weighted by Crippen LogP contribution is -2.52. The number of urea groups is 1. The van der Waals surface area contributed by atoms with E-state index in [1.807, 2.05) is 29.2 Å². The fourth-order valence-electron chi connectivity index (χ4n) is 3.42. The number of likely N-dealkylation sites (tertiary alicyclic amines) is 1. The molecule has 1 aromatic rings. The lowest BCUT2D eigenvalue weighted by molar-refractivity contribution is -0.133. The number of anilines is 1. The van der Waals surface area contributed by atoms with Crippen LogP contribution < -0.4 is 10.1 Å². The molecule has 2 aliphatic rings. The summed E-state index contributed by atoms with van der Waals surface area (Å²) < 4.78 is 5.12. The number of benzene rings is 1. The lowest BCUT2D eigenvalue weighted by Gasteiger charge is -2.36. The van der Waals surface area contributed by atoms with E-state index in [0.717, 1.165) is 50.5 Å². The average molecular weight is 360 g/mol. The summed E-state index contributed by atoms with van der Waals surface area (Å²) in [7, 11) is 1.61. The zero-order valence-electron chi connectivity index (χ0n) is 15.4. The minimum atomic E-state index is -0.0998. The van der Waals surface area contributed by atoms with Crippen molar-refractivity contribution in [2.24, 2.45) is 0 Å². The number of hydrogen-bond donors (Lipinski definition) is 1. The van der Waals surface area contributed by atoms with Crippen LogP contribution in [0.1, 0.15) is 19.3 Å². The Morgan fingerprint density at radius 1 is 0.923 bits per heavy atom. The number of nitrogens with one attached hydrogen (secondary N) is 1. The predicted molar refractivity (Wildman–Crippen MR) is 100 cm³/mol. The number of ether oxygens (including phenoxy) is 1. The molecule has 26 heavy (non-hydrogen) atoms. The summed E-state index contributed by atoms with van der Waals surface area (Å²) in [6, 6.07) is 7.19. The van der Waals surface area contributed by atoms with E-state index >= 15 is 0 Å². The molecule has 0 saturated carbocycles. The largest absolute Gasteiger partial charge is 0.497 e. The molecule has 0 aliphatic carbocycles. The van der Waals surface area contributed by atoms with Crippen LogP contribution >= 0.6 is 0 Å². The van der Waals surface area contributed by atoms with Crippen LogP contribution in [-0.4, -0.2) is 79.6 Å². The van der Waals surface area contributed by atoms with Gasteiger partial charge >= 0.3 is 6.03 Å². The summed E-state index contributed by atoms with van der Waals surface area (Å²) >= 11 is 0. The molecule has 7 heteroatoms. The van der Waals surface area contributed by atoms with Crippen LogP contribution in [0.4, 0.5) is 10.5 Å². The fourth-order valence-corrected chi connectivity index (χ4v) is 3.42. The second-order valence-corrected chi connectivity index (χ2v) is 6.86. The highest BCUT2D eigenvalue weighted by Crippen LogP contribution is 2.16. The van der Waals surface area contributed by atoms with Gasteiger partial charge in [-0.2, -0.15) is 0 Å². The van der Waals surface area contributed by atoms with E-state index in [9.17, 15) is 9.59 Å². The molecule has 7 nitrogen and oxygen atoms in total. The Bertz CT molecular complexity index is 606. The highest BCUT2D eigenvalue weighted by molar-refractivity contribution is 5.89. The van der Waals surface area contributed by atoms with Gasteiger partial charge in [-0.1, -0.05) is 0 Å². The molecule has 0 atom stereocenters. The second-order valence-electron chi connectivity index (χ2n) is 6.86. The molecule has 0 aromatic heterocycles. The fraction of sp³-hybridized carbons (Fsp3) is 0.579. The van der Waals surface area contributed by atoms with Gasteiger partial charge in [0.15, 0.2) is 0 Å². The maximum Gasteiger partial charge on any atom is 0.321 e. The van der Waals surface area contributed by atoms with Crippen LogP contribution in [0, 0.1) is 0 Å². The summed E-state index contributed by atoms with van der Waals surface area (Å²) in [6.45, 7) is 4.98. The van der Waals surface area contributed by atoms with Crippen molar-refractivity contribution >= 4 is 17.6 Å². The van der Waals surface area contributed by atoms with E-state index in [1.165, 1.54) is 6.42 Å². The van der Waals surface area contributed by atoms with Gasteiger partial charge in [0.2, 0.25) is 5.91 Å². The molecule has 2 fully saturated rings. The van der Waals surface area contributed by atoms with Gasteiger partial charge in [0.1, 0.15) is 5.75 Å². The van der Waals surface area contributed by atoms with Crippen molar-refractivity contribution in [2.75, 3.05) is 58.2 Å². The highest BCUT2D eigenvalue weighted by Gasteiger charge is 2.24. The molecule has 142 valence electrons. The molecule has 0 bridgehead atoms. The first kappa shape index (κ1) is 18.5. The molecule has 0 spiro atoms. The zero-order valence-corrected chi connectivity index (χ0v) is 15.4. The van der Waals surface area contributed by atoms with Gasteiger partial charge in [0, 0.05) is 45.0 Å². The van der Waals surface area contributed by atoms with Crippen molar-refractivity contribution in [3.05, 3.63) is 24.3 Å². The van der Waals surface area contributed by atoms with Crippen molar-refractivity contribution < 1.29 is 14.3 Å². The Kier molecular flexibility index (Phi) is 6.33. The minimum Gasteiger partial charge on any atom is -0.497 e. The maximum atomic E-state index is 12.4. The molecule has 3 rings (SSSR count). The van der Waals surface area contributed by atoms with E-state index in [2.05, 4.69) is 10.2 Å². The van der Waals surface area contributed by atoms with Gasteiger partial charge in [0.05, 0.1) is 13.7 Å². The molecule has 3 amide bonds. The van der Waals surface area contributed by atoms with Gasteiger partial charge in [-0.15, -0.1) is 0 Å². The van der Waals surface area contributed by atoms with Crippen LogP contribution in [0.2, 0.25) is 0 Å². The Morgan fingerprint density at radius 2 is 1.58 bits per heavy atom. The van der Waals surface area contributed by atoms with E-state index < -0.39 is 0 Å². The minimum absolute atomic E-state index is 0.0998. The maximum absolute atomic E-state index is 12.4. The molecular weight excluding hydrogens is 332 g/mol. The van der Waals surface area contributed by atoms with Gasteiger partial charge in [-0.3, -0.25) is 9.69 Å². The Morgan fingerprint density at radius 3 is 2.19 bits per heavy atom. The number of carbonyl (C=O) groups is 2. The van der Waals surface area contributed by atoms with Crippen LogP contribution in [0.25, 0.3) is 0 Å². The van der Waals surface area contributed by atoms with Gasteiger partial charge in [-0.25, -0.2) is 4.79 Å². The van der Waals surface area contributed by atoms with Crippen molar-refractivity contribution in [1.82, 2.24) is 14.7 Å². The first-order valence-electron chi connectivity index (χ1n) is 9.36. The molecule has 2 aliphatic heterocycles. The van der Waals surface area contributed by atoms with E-state index in [-0.39, 0.29) is 11.9 Å². The third-order valence-electron chi connectivity index (χ3n) is 5.07. The third-order valence-corrected chi connectivity index (χ3v) is 5.07. The topological polar surface area (TPSA) is 65.1 Å². The van der Waals surface area contributed by atoms with Crippen molar-refractivity contribution in [3.8, 4) is 5.75 Å². The Labute approximate surface area is 154 Å². The number of piperidine rings is 1. The molecular formula is C19H28N4O3. The number of rotatable bonds is 4. The number of piperazine rings is 1. The molecule has 2 heterocycles.